The summed E-state index contributed by atoms with van der Waals surface area (Å²) in [5.74, 6) is 0.732. The lowest BCUT2D eigenvalue weighted by molar-refractivity contribution is 0.528. The van der Waals surface area contributed by atoms with Gasteiger partial charge in [0.25, 0.3) is 0 Å². The van der Waals surface area contributed by atoms with Crippen LogP contribution >= 0.6 is 0 Å². The van der Waals surface area contributed by atoms with Gasteiger partial charge in [-0.3, -0.25) is 0 Å². The smallest absolute Gasteiger partial charge is 0.0568 e. The van der Waals surface area contributed by atoms with Crippen LogP contribution < -0.4 is 16.4 Å². The first-order valence-corrected chi connectivity index (χ1v) is 7.49. The fourth-order valence-electron chi connectivity index (χ4n) is 2.88. The quantitative estimate of drug-likeness (QED) is 0.796. The van der Waals surface area contributed by atoms with Crippen LogP contribution in [0.5, 0.6) is 0 Å². The average molecular weight is 261 g/mol. The highest BCUT2D eigenvalue weighted by Gasteiger charge is 2.23. The van der Waals surface area contributed by atoms with Crippen molar-refractivity contribution < 1.29 is 0 Å². The van der Waals surface area contributed by atoms with E-state index in [-0.39, 0.29) is 0 Å². The van der Waals surface area contributed by atoms with E-state index in [1.165, 1.54) is 37.8 Å². The number of nitrogens with zero attached hydrogens (tertiary/aromatic N) is 1. The summed E-state index contributed by atoms with van der Waals surface area (Å²) in [5.41, 5.74) is 14.4. The lowest BCUT2D eigenvalue weighted by atomic mass is 10.1. The van der Waals surface area contributed by atoms with E-state index >= 15 is 0 Å². The van der Waals surface area contributed by atoms with Crippen LogP contribution in [0.15, 0.2) is 18.2 Å². The number of anilines is 3. The number of benzene rings is 1. The third kappa shape index (κ3) is 3.55. The molecule has 1 aromatic carbocycles. The molecule has 1 saturated carbocycles. The highest BCUT2D eigenvalue weighted by Crippen LogP contribution is 2.31. The molecule has 0 amide bonds. The van der Waals surface area contributed by atoms with Gasteiger partial charge in [0.05, 0.1) is 11.4 Å². The monoisotopic (exact) mass is 261 g/mol. The van der Waals surface area contributed by atoms with Gasteiger partial charge in [0.2, 0.25) is 0 Å². The Bertz CT molecular complexity index is 408. The van der Waals surface area contributed by atoms with Gasteiger partial charge in [-0.15, -0.1) is 0 Å². The van der Waals surface area contributed by atoms with Crippen molar-refractivity contribution >= 4 is 17.1 Å². The van der Waals surface area contributed by atoms with Gasteiger partial charge < -0.3 is 16.4 Å². The molecule has 0 radical (unpaired) electrons. The molecule has 2 rings (SSSR count). The third-order valence-electron chi connectivity index (χ3n) is 4.11. The molecule has 0 unspecified atom stereocenters. The Balaban J connectivity index is 2.17. The van der Waals surface area contributed by atoms with E-state index in [0.29, 0.717) is 17.4 Å². The summed E-state index contributed by atoms with van der Waals surface area (Å²) >= 11 is 0. The molecule has 0 aromatic heterocycles. The number of rotatable bonds is 5. The Morgan fingerprint density at radius 1 is 1.16 bits per heavy atom. The normalized spacial score (nSPS) is 16.2. The van der Waals surface area contributed by atoms with E-state index in [1.54, 1.807) is 0 Å². The number of hydrogen-bond acceptors (Lipinski definition) is 3. The van der Waals surface area contributed by atoms with E-state index in [1.807, 2.05) is 12.1 Å². The van der Waals surface area contributed by atoms with Gasteiger partial charge >= 0.3 is 0 Å². The van der Waals surface area contributed by atoms with E-state index < -0.39 is 0 Å². The number of nitrogen functional groups attached to an aromatic ring is 2. The predicted molar refractivity (Wildman–Crippen MR) is 84.3 cm³/mol. The minimum Gasteiger partial charge on any atom is -0.397 e. The van der Waals surface area contributed by atoms with Gasteiger partial charge in [-0.25, -0.2) is 0 Å². The van der Waals surface area contributed by atoms with Crippen LogP contribution in [0, 0.1) is 5.92 Å². The van der Waals surface area contributed by atoms with Crippen LogP contribution in [-0.4, -0.2) is 12.6 Å². The first kappa shape index (κ1) is 14.0. The second-order valence-electron chi connectivity index (χ2n) is 6.13. The van der Waals surface area contributed by atoms with E-state index in [4.69, 9.17) is 11.5 Å². The maximum Gasteiger partial charge on any atom is 0.0568 e. The second-order valence-corrected chi connectivity index (χ2v) is 6.13. The maximum absolute atomic E-state index is 5.96. The minimum atomic E-state index is 0.680. The first-order valence-electron chi connectivity index (χ1n) is 7.49. The van der Waals surface area contributed by atoms with Crippen molar-refractivity contribution in [2.75, 3.05) is 22.9 Å². The van der Waals surface area contributed by atoms with Crippen LogP contribution in [0.1, 0.15) is 46.0 Å². The Kier molecular flexibility index (Phi) is 4.56. The molecular formula is C16H27N3. The molecule has 0 atom stereocenters. The van der Waals surface area contributed by atoms with Crippen molar-refractivity contribution in [3.63, 3.8) is 0 Å². The van der Waals surface area contributed by atoms with Gasteiger partial charge in [-0.1, -0.05) is 26.7 Å². The zero-order chi connectivity index (χ0) is 13.8. The maximum atomic E-state index is 5.96. The van der Waals surface area contributed by atoms with Gasteiger partial charge in [0.1, 0.15) is 0 Å². The van der Waals surface area contributed by atoms with Gasteiger partial charge in [0, 0.05) is 18.3 Å². The van der Waals surface area contributed by atoms with E-state index in [2.05, 4.69) is 24.8 Å². The van der Waals surface area contributed by atoms with Gasteiger partial charge in [-0.05, 0) is 43.4 Å². The molecule has 0 saturated heterocycles. The van der Waals surface area contributed by atoms with Crippen LogP contribution in [0.25, 0.3) is 0 Å². The highest BCUT2D eigenvalue weighted by atomic mass is 15.2. The fourth-order valence-corrected chi connectivity index (χ4v) is 2.88. The van der Waals surface area contributed by atoms with Crippen LogP contribution in [-0.2, 0) is 0 Å². The average Bonchev–Trinajstić information content (AvgIpc) is 2.87. The first-order chi connectivity index (χ1) is 9.08. The molecule has 0 bridgehead atoms. The Morgan fingerprint density at radius 2 is 1.84 bits per heavy atom. The molecule has 3 nitrogen and oxygen atoms in total. The van der Waals surface area contributed by atoms with Crippen molar-refractivity contribution in [1.29, 1.82) is 0 Å². The molecule has 1 aliphatic carbocycles. The summed E-state index contributed by atoms with van der Waals surface area (Å²) in [4.78, 5) is 2.54. The molecular weight excluding hydrogens is 234 g/mol. The lowest BCUT2D eigenvalue weighted by Crippen LogP contribution is -2.34. The fraction of sp³-hybridized carbons (Fsp3) is 0.625. The molecule has 1 fully saturated rings. The van der Waals surface area contributed by atoms with Crippen molar-refractivity contribution in [3.05, 3.63) is 18.2 Å². The number of hydrogen-bond donors (Lipinski definition) is 2. The zero-order valence-electron chi connectivity index (χ0n) is 12.2. The number of nitrogens with two attached hydrogens (primary N) is 2. The van der Waals surface area contributed by atoms with Crippen molar-refractivity contribution in [2.24, 2.45) is 5.92 Å². The van der Waals surface area contributed by atoms with E-state index in [9.17, 15) is 0 Å². The molecule has 1 aliphatic rings. The standard InChI is InChI=1S/C16H27N3/c1-12(2)9-10-19(13-5-3-4-6-13)14-7-8-15(17)16(18)11-14/h7-8,11-13H,3-6,9-10,17-18H2,1-2H3. The Labute approximate surface area is 117 Å². The van der Waals surface area contributed by atoms with E-state index in [0.717, 1.165) is 12.5 Å². The molecule has 0 spiro atoms. The Morgan fingerprint density at radius 3 is 2.42 bits per heavy atom. The van der Waals surface area contributed by atoms with Crippen molar-refractivity contribution in [2.45, 2.75) is 52.0 Å². The summed E-state index contributed by atoms with van der Waals surface area (Å²) < 4.78 is 0. The van der Waals surface area contributed by atoms with Crippen LogP contribution in [0.4, 0.5) is 17.1 Å². The summed E-state index contributed by atoms with van der Waals surface area (Å²) in [5, 5.41) is 0. The van der Waals surface area contributed by atoms with Gasteiger partial charge in [-0.2, -0.15) is 0 Å². The molecule has 1 aromatic rings. The van der Waals surface area contributed by atoms with Crippen molar-refractivity contribution in [1.82, 2.24) is 0 Å². The third-order valence-corrected chi connectivity index (χ3v) is 4.11. The molecule has 106 valence electrons. The summed E-state index contributed by atoms with van der Waals surface area (Å²) in [7, 11) is 0. The second kappa shape index (κ2) is 6.18. The van der Waals surface area contributed by atoms with Crippen LogP contribution in [0.3, 0.4) is 0 Å². The SMILES string of the molecule is CC(C)CCN(c1ccc(N)c(N)c1)C1CCCC1. The minimum absolute atomic E-state index is 0.680. The molecule has 4 N–H and O–H groups in total. The lowest BCUT2D eigenvalue weighted by Gasteiger charge is -2.32. The summed E-state index contributed by atoms with van der Waals surface area (Å²) in [6, 6.07) is 6.77. The van der Waals surface area contributed by atoms with Gasteiger partial charge in [0.15, 0.2) is 0 Å². The highest BCUT2D eigenvalue weighted by molar-refractivity contribution is 5.70. The van der Waals surface area contributed by atoms with Crippen molar-refractivity contribution in [3.8, 4) is 0 Å². The largest absolute Gasteiger partial charge is 0.397 e. The predicted octanol–water partition coefficient (Wildman–Crippen LogP) is 3.65. The summed E-state index contributed by atoms with van der Waals surface area (Å²) in [6.45, 7) is 5.68. The molecule has 3 heteroatoms. The molecule has 19 heavy (non-hydrogen) atoms. The molecule has 0 aliphatic heterocycles. The topological polar surface area (TPSA) is 55.3 Å². The Hall–Kier alpha value is -1.38. The van der Waals surface area contributed by atoms with Crippen LogP contribution in [0.2, 0.25) is 0 Å². The molecule has 0 heterocycles. The zero-order valence-corrected chi connectivity index (χ0v) is 12.2. The summed E-state index contributed by atoms with van der Waals surface area (Å²) in [6.07, 6.45) is 6.55.